The van der Waals surface area contributed by atoms with Crippen molar-refractivity contribution in [3.63, 3.8) is 0 Å². The molecule has 0 fully saturated rings. The Balaban J connectivity index is 2.56. The molecule has 0 heterocycles. The van der Waals surface area contributed by atoms with Crippen LogP contribution in [0.3, 0.4) is 0 Å². The maximum atomic E-state index is 12.1. The molecule has 1 amide bonds. The largest absolute Gasteiger partial charge is 0.464 e. The summed E-state index contributed by atoms with van der Waals surface area (Å²) < 4.78 is 5.06. The van der Waals surface area contributed by atoms with E-state index in [1.165, 1.54) is 10.4 Å². The molecule has 152 valence electrons. The third-order valence-corrected chi connectivity index (χ3v) is 10.2. The van der Waals surface area contributed by atoms with E-state index in [0.29, 0.717) is 6.41 Å². The third-order valence-electron chi connectivity index (χ3n) is 4.96. The lowest BCUT2D eigenvalue weighted by Crippen LogP contribution is -2.63. The molecule has 0 saturated heterocycles. The first kappa shape index (κ1) is 22.4. The summed E-state index contributed by atoms with van der Waals surface area (Å²) in [5.41, 5.74) is 3.62. The second-order valence-corrected chi connectivity index (χ2v) is 12.2. The van der Waals surface area contributed by atoms with Crippen molar-refractivity contribution in [2.75, 3.05) is 6.61 Å². The first-order chi connectivity index (χ1) is 13.9. The summed E-state index contributed by atoms with van der Waals surface area (Å²) in [7, 11) is -2.52. The molecule has 0 saturated carbocycles. The fraction of sp³-hybridized carbons (Fsp3) is 0.333. The van der Waals surface area contributed by atoms with Crippen molar-refractivity contribution in [2.45, 2.75) is 45.2 Å². The van der Waals surface area contributed by atoms with Gasteiger partial charge >= 0.3 is 5.97 Å². The SMILES string of the molecule is CCOC(=O)C(CC#C[Si](c1ccccc1)(c1ccccc1)C(C)(C)C)NC=O. The number of rotatable bonds is 7. The summed E-state index contributed by atoms with van der Waals surface area (Å²) in [5.74, 6) is 2.78. The van der Waals surface area contributed by atoms with Crippen LogP contribution in [-0.2, 0) is 14.3 Å². The molecule has 29 heavy (non-hydrogen) atoms. The molecular weight excluding hydrogens is 378 g/mol. The smallest absolute Gasteiger partial charge is 0.329 e. The number of benzene rings is 2. The Morgan fingerprint density at radius 2 is 1.59 bits per heavy atom. The van der Waals surface area contributed by atoms with Crippen LogP contribution in [-0.4, -0.2) is 33.1 Å². The Kier molecular flexibility index (Phi) is 7.80. The molecule has 4 nitrogen and oxygen atoms in total. The molecular formula is C24H29NO3Si. The molecule has 0 aliphatic carbocycles. The number of esters is 1. The second kappa shape index (κ2) is 10.1. The number of amides is 1. The molecule has 0 aliphatic heterocycles. The summed E-state index contributed by atoms with van der Waals surface area (Å²) in [4.78, 5) is 23.1. The third kappa shape index (κ3) is 5.15. The lowest BCUT2D eigenvalue weighted by atomic mass is 10.2. The zero-order valence-corrected chi connectivity index (χ0v) is 18.6. The van der Waals surface area contributed by atoms with Crippen molar-refractivity contribution < 1.29 is 14.3 Å². The molecule has 0 aromatic heterocycles. The molecule has 0 radical (unpaired) electrons. The van der Waals surface area contributed by atoms with Gasteiger partial charge in [-0.15, -0.1) is 11.5 Å². The highest BCUT2D eigenvalue weighted by molar-refractivity contribution is 7.10. The Hall–Kier alpha value is -2.84. The maximum Gasteiger partial charge on any atom is 0.329 e. The normalized spacial score (nSPS) is 12.3. The summed E-state index contributed by atoms with van der Waals surface area (Å²) in [6, 6.07) is 20.0. The number of hydrogen-bond donors (Lipinski definition) is 1. The number of carbonyl (C=O) groups excluding carboxylic acids is 2. The highest BCUT2D eigenvalue weighted by Crippen LogP contribution is 2.35. The predicted molar refractivity (Wildman–Crippen MR) is 120 cm³/mol. The Morgan fingerprint density at radius 1 is 1.07 bits per heavy atom. The standard InChI is InChI=1S/C24H29NO3Si/c1-5-28-23(27)22(25-19-26)17-12-18-29(24(2,3)4,20-13-8-6-9-14-20)21-15-10-7-11-16-21/h6-11,13-16,19,22H,5,17H2,1-4H3,(H,25,26). The van der Waals surface area contributed by atoms with Crippen LogP contribution in [0.5, 0.6) is 0 Å². The number of hydrogen-bond acceptors (Lipinski definition) is 3. The number of nitrogens with one attached hydrogen (secondary N) is 1. The van der Waals surface area contributed by atoms with Crippen molar-refractivity contribution in [1.29, 1.82) is 0 Å². The van der Waals surface area contributed by atoms with Crippen molar-refractivity contribution >= 4 is 30.8 Å². The van der Waals surface area contributed by atoms with E-state index < -0.39 is 20.1 Å². The van der Waals surface area contributed by atoms with Crippen molar-refractivity contribution in [3.8, 4) is 11.5 Å². The molecule has 1 N–H and O–H groups in total. The zero-order chi connectivity index (χ0) is 21.3. The summed E-state index contributed by atoms with van der Waals surface area (Å²) in [6.07, 6.45) is 0.730. The van der Waals surface area contributed by atoms with Gasteiger partial charge in [0.1, 0.15) is 6.04 Å². The van der Waals surface area contributed by atoms with Gasteiger partial charge in [-0.3, -0.25) is 4.79 Å². The Bertz CT molecular complexity index is 824. The van der Waals surface area contributed by atoms with Gasteiger partial charge in [0.15, 0.2) is 0 Å². The van der Waals surface area contributed by atoms with Crippen LogP contribution >= 0.6 is 0 Å². The lowest BCUT2D eigenvalue weighted by Gasteiger charge is -2.39. The average molecular weight is 408 g/mol. The van der Waals surface area contributed by atoms with Gasteiger partial charge in [0.2, 0.25) is 14.5 Å². The quantitative estimate of drug-likeness (QED) is 0.332. The fourth-order valence-corrected chi connectivity index (χ4v) is 8.04. The topological polar surface area (TPSA) is 55.4 Å². The number of carbonyl (C=O) groups is 2. The van der Waals surface area contributed by atoms with Gasteiger partial charge in [0.05, 0.1) is 6.61 Å². The van der Waals surface area contributed by atoms with Crippen LogP contribution in [0.4, 0.5) is 0 Å². The van der Waals surface area contributed by atoms with Gasteiger partial charge in [-0.05, 0) is 22.3 Å². The van der Waals surface area contributed by atoms with Crippen molar-refractivity contribution in [2.24, 2.45) is 0 Å². The number of ether oxygens (including phenoxy) is 1. The van der Waals surface area contributed by atoms with E-state index in [-0.39, 0.29) is 18.1 Å². The minimum Gasteiger partial charge on any atom is -0.464 e. The van der Waals surface area contributed by atoms with Crippen LogP contribution in [0.15, 0.2) is 60.7 Å². The van der Waals surface area contributed by atoms with E-state index in [9.17, 15) is 9.59 Å². The van der Waals surface area contributed by atoms with E-state index in [1.54, 1.807) is 6.92 Å². The van der Waals surface area contributed by atoms with Crippen LogP contribution in [0.1, 0.15) is 34.1 Å². The molecule has 2 aromatic rings. The minimum absolute atomic E-state index is 0.0970. The maximum absolute atomic E-state index is 12.1. The predicted octanol–water partition coefficient (Wildman–Crippen LogP) is 2.66. The summed E-state index contributed by atoms with van der Waals surface area (Å²) in [5, 5.41) is 4.88. The van der Waals surface area contributed by atoms with Gasteiger partial charge in [0.25, 0.3) is 0 Å². The van der Waals surface area contributed by atoms with Gasteiger partial charge in [0, 0.05) is 6.42 Å². The zero-order valence-electron chi connectivity index (χ0n) is 17.6. The van der Waals surface area contributed by atoms with E-state index in [2.05, 4.69) is 61.8 Å². The molecule has 0 aliphatic rings. The van der Waals surface area contributed by atoms with E-state index in [1.807, 2.05) is 36.4 Å². The summed E-state index contributed by atoms with van der Waals surface area (Å²) >= 11 is 0. The van der Waals surface area contributed by atoms with Crippen LogP contribution in [0.25, 0.3) is 0 Å². The van der Waals surface area contributed by atoms with Crippen LogP contribution < -0.4 is 15.7 Å². The molecule has 2 aromatic carbocycles. The Morgan fingerprint density at radius 3 is 2.00 bits per heavy atom. The molecule has 5 heteroatoms. The van der Waals surface area contributed by atoms with Gasteiger partial charge in [-0.25, -0.2) is 4.79 Å². The first-order valence-corrected chi connectivity index (χ1v) is 11.8. The minimum atomic E-state index is -2.52. The molecule has 1 unspecified atom stereocenters. The van der Waals surface area contributed by atoms with E-state index in [0.717, 1.165) is 0 Å². The van der Waals surface area contributed by atoms with Crippen LogP contribution in [0.2, 0.25) is 5.04 Å². The highest BCUT2D eigenvalue weighted by atomic mass is 28.3. The molecule has 1 atom stereocenters. The second-order valence-electron chi connectivity index (χ2n) is 7.83. The monoisotopic (exact) mass is 407 g/mol. The van der Waals surface area contributed by atoms with E-state index in [4.69, 9.17) is 4.74 Å². The lowest BCUT2D eigenvalue weighted by molar-refractivity contribution is -0.146. The van der Waals surface area contributed by atoms with Gasteiger partial charge in [-0.2, -0.15) is 0 Å². The van der Waals surface area contributed by atoms with Crippen LogP contribution in [0, 0.1) is 11.5 Å². The van der Waals surface area contributed by atoms with E-state index >= 15 is 0 Å². The summed E-state index contributed by atoms with van der Waals surface area (Å²) in [6.45, 7) is 8.67. The molecule has 0 spiro atoms. The molecule has 0 bridgehead atoms. The average Bonchev–Trinajstić information content (AvgIpc) is 2.71. The van der Waals surface area contributed by atoms with Crippen molar-refractivity contribution in [3.05, 3.63) is 60.7 Å². The van der Waals surface area contributed by atoms with Gasteiger partial charge < -0.3 is 10.1 Å². The fourth-order valence-electron chi connectivity index (χ4n) is 3.56. The van der Waals surface area contributed by atoms with Gasteiger partial charge in [-0.1, -0.05) is 81.4 Å². The Labute approximate surface area is 174 Å². The molecule has 2 rings (SSSR count). The highest BCUT2D eigenvalue weighted by Gasteiger charge is 2.46. The van der Waals surface area contributed by atoms with Crippen molar-refractivity contribution in [1.82, 2.24) is 5.32 Å². The first-order valence-electron chi connectivity index (χ1n) is 9.84.